The lowest BCUT2D eigenvalue weighted by atomic mass is 10.1. The van der Waals surface area contributed by atoms with Crippen LogP contribution in [0.4, 0.5) is 10.5 Å². The topological polar surface area (TPSA) is 74.3 Å². The molecule has 1 aliphatic rings. The summed E-state index contributed by atoms with van der Waals surface area (Å²) in [5, 5.41) is 6.05. The van der Waals surface area contributed by atoms with Crippen LogP contribution in [0.5, 0.6) is 0 Å². The van der Waals surface area contributed by atoms with Gasteiger partial charge in [-0.15, -0.1) is 0 Å². The van der Waals surface area contributed by atoms with E-state index >= 15 is 0 Å². The van der Waals surface area contributed by atoms with Crippen molar-refractivity contribution in [3.8, 4) is 0 Å². The van der Waals surface area contributed by atoms with Crippen LogP contribution in [0, 0.1) is 0 Å². The van der Waals surface area contributed by atoms with Crippen molar-refractivity contribution in [1.82, 2.24) is 15.6 Å². The average Bonchev–Trinajstić information content (AvgIpc) is 3.02. The third-order valence-corrected chi connectivity index (χ3v) is 4.15. The highest BCUT2D eigenvalue weighted by atomic mass is 35.5. The summed E-state index contributed by atoms with van der Waals surface area (Å²) in [5.74, 6) is -0.245. The number of hydrogen-bond acceptors (Lipinski definition) is 3. The van der Waals surface area contributed by atoms with Crippen LogP contribution < -0.4 is 15.5 Å². The molecular weight excluding hydrogens is 328 g/mol. The molecule has 3 rings (SSSR count). The summed E-state index contributed by atoms with van der Waals surface area (Å²) < 4.78 is 0. The Balaban J connectivity index is 1.79. The number of halogens is 1. The number of hydrogen-bond donors (Lipinski definition) is 2. The minimum atomic E-state index is -0.245. The lowest BCUT2D eigenvalue weighted by Crippen LogP contribution is -2.29. The van der Waals surface area contributed by atoms with Crippen LogP contribution in [-0.2, 0) is 0 Å². The van der Waals surface area contributed by atoms with E-state index in [-0.39, 0.29) is 18.0 Å². The Morgan fingerprint density at radius 2 is 2.21 bits per heavy atom. The molecule has 1 atom stereocenters. The van der Waals surface area contributed by atoms with E-state index in [0.29, 0.717) is 29.4 Å². The standard InChI is InChI=1S/C17H17ClN4O2/c1-11(14-4-2-3-7-19-14)21-16(23)12-5-6-13(18)15(10-12)22-9-8-20-17(22)24/h2-7,10-11H,8-9H2,1H3,(H,20,24)(H,21,23)/t11-/m0/s1. The Morgan fingerprint density at radius 3 is 2.88 bits per heavy atom. The second-order valence-corrected chi connectivity index (χ2v) is 5.91. The van der Waals surface area contributed by atoms with E-state index in [0.717, 1.165) is 5.69 Å². The van der Waals surface area contributed by atoms with Crippen molar-refractivity contribution < 1.29 is 9.59 Å². The zero-order valence-corrected chi connectivity index (χ0v) is 13.9. The highest BCUT2D eigenvalue weighted by Crippen LogP contribution is 2.28. The van der Waals surface area contributed by atoms with Gasteiger partial charge in [0.05, 0.1) is 22.4 Å². The molecule has 1 saturated heterocycles. The molecular formula is C17H17ClN4O2. The van der Waals surface area contributed by atoms with Gasteiger partial charge in [0.15, 0.2) is 0 Å². The number of carbonyl (C=O) groups is 2. The molecule has 6 nitrogen and oxygen atoms in total. The first kappa shape index (κ1) is 16.3. The first-order valence-electron chi connectivity index (χ1n) is 7.63. The molecule has 2 N–H and O–H groups in total. The molecule has 1 aromatic carbocycles. The summed E-state index contributed by atoms with van der Waals surface area (Å²) in [6.07, 6.45) is 1.68. The fourth-order valence-electron chi connectivity index (χ4n) is 2.55. The normalized spacial score (nSPS) is 15.1. The van der Waals surface area contributed by atoms with E-state index in [2.05, 4.69) is 15.6 Å². The van der Waals surface area contributed by atoms with Crippen molar-refractivity contribution in [2.75, 3.05) is 18.0 Å². The highest BCUT2D eigenvalue weighted by Gasteiger charge is 2.24. The van der Waals surface area contributed by atoms with Crippen molar-refractivity contribution in [1.29, 1.82) is 0 Å². The fraction of sp³-hybridized carbons (Fsp3) is 0.235. The van der Waals surface area contributed by atoms with Crippen LogP contribution in [0.2, 0.25) is 5.02 Å². The fourth-order valence-corrected chi connectivity index (χ4v) is 2.77. The number of pyridine rings is 1. The molecule has 0 radical (unpaired) electrons. The van der Waals surface area contributed by atoms with Gasteiger partial charge in [-0.05, 0) is 37.3 Å². The van der Waals surface area contributed by atoms with Crippen molar-refractivity contribution >= 4 is 29.2 Å². The second-order valence-electron chi connectivity index (χ2n) is 5.50. The molecule has 7 heteroatoms. The zero-order valence-electron chi connectivity index (χ0n) is 13.1. The summed E-state index contributed by atoms with van der Waals surface area (Å²) >= 11 is 6.18. The molecule has 2 heterocycles. The van der Waals surface area contributed by atoms with E-state index in [4.69, 9.17) is 11.6 Å². The molecule has 2 aromatic rings. The van der Waals surface area contributed by atoms with Gasteiger partial charge in [0.2, 0.25) is 0 Å². The Bertz CT molecular complexity index is 766. The molecule has 3 amide bonds. The largest absolute Gasteiger partial charge is 0.344 e. The second kappa shape index (κ2) is 6.88. The molecule has 124 valence electrons. The first-order chi connectivity index (χ1) is 11.6. The number of nitrogens with one attached hydrogen (secondary N) is 2. The SMILES string of the molecule is C[C@H](NC(=O)c1ccc(Cl)c(N2CCNC2=O)c1)c1ccccn1. The number of anilines is 1. The van der Waals surface area contributed by atoms with Gasteiger partial charge < -0.3 is 10.6 Å². The van der Waals surface area contributed by atoms with Crippen LogP contribution in [0.1, 0.15) is 29.0 Å². The van der Waals surface area contributed by atoms with Crippen LogP contribution in [-0.4, -0.2) is 30.0 Å². The van der Waals surface area contributed by atoms with Crippen molar-refractivity contribution in [3.63, 3.8) is 0 Å². The molecule has 0 aliphatic carbocycles. The number of aromatic nitrogens is 1. The van der Waals surface area contributed by atoms with Crippen LogP contribution in [0.15, 0.2) is 42.6 Å². The Kier molecular flexibility index (Phi) is 4.66. The lowest BCUT2D eigenvalue weighted by Gasteiger charge is -2.18. The Morgan fingerprint density at radius 1 is 1.38 bits per heavy atom. The molecule has 0 saturated carbocycles. The first-order valence-corrected chi connectivity index (χ1v) is 8.01. The Labute approximate surface area is 144 Å². The summed E-state index contributed by atoms with van der Waals surface area (Å²) in [6.45, 7) is 2.95. The number of nitrogens with zero attached hydrogens (tertiary/aromatic N) is 2. The predicted molar refractivity (Wildman–Crippen MR) is 92.3 cm³/mol. The van der Waals surface area contributed by atoms with Gasteiger partial charge in [-0.2, -0.15) is 0 Å². The highest BCUT2D eigenvalue weighted by molar-refractivity contribution is 6.34. The van der Waals surface area contributed by atoms with Crippen LogP contribution in [0.3, 0.4) is 0 Å². The predicted octanol–water partition coefficient (Wildman–Crippen LogP) is 2.76. The number of amides is 3. The third-order valence-electron chi connectivity index (χ3n) is 3.83. The maximum Gasteiger partial charge on any atom is 0.322 e. The van der Waals surface area contributed by atoms with Crippen LogP contribution in [0.25, 0.3) is 0 Å². The molecule has 1 fully saturated rings. The molecule has 1 aromatic heterocycles. The number of urea groups is 1. The number of benzene rings is 1. The Hall–Kier alpha value is -2.60. The molecule has 0 spiro atoms. The summed E-state index contributed by atoms with van der Waals surface area (Å²) in [6, 6.07) is 10.0. The minimum absolute atomic E-state index is 0.212. The van der Waals surface area contributed by atoms with Gasteiger partial charge in [0.1, 0.15) is 0 Å². The van der Waals surface area contributed by atoms with E-state index < -0.39 is 0 Å². The zero-order chi connectivity index (χ0) is 17.1. The van der Waals surface area contributed by atoms with Crippen LogP contribution >= 0.6 is 11.6 Å². The van der Waals surface area contributed by atoms with Crippen molar-refractivity contribution in [3.05, 3.63) is 58.9 Å². The molecule has 24 heavy (non-hydrogen) atoms. The average molecular weight is 345 g/mol. The van der Waals surface area contributed by atoms with E-state index in [1.54, 1.807) is 24.4 Å². The van der Waals surface area contributed by atoms with E-state index in [1.165, 1.54) is 4.90 Å². The lowest BCUT2D eigenvalue weighted by molar-refractivity contribution is 0.0939. The van der Waals surface area contributed by atoms with Gasteiger partial charge in [-0.1, -0.05) is 17.7 Å². The third kappa shape index (κ3) is 3.33. The maximum atomic E-state index is 12.5. The van der Waals surface area contributed by atoms with Crippen molar-refractivity contribution in [2.24, 2.45) is 0 Å². The summed E-state index contributed by atoms with van der Waals surface area (Å²) in [5.41, 5.74) is 1.75. The summed E-state index contributed by atoms with van der Waals surface area (Å²) in [7, 11) is 0. The number of carbonyl (C=O) groups excluding carboxylic acids is 2. The maximum absolute atomic E-state index is 12.5. The van der Waals surface area contributed by atoms with Gasteiger partial charge in [0.25, 0.3) is 5.91 Å². The molecule has 0 unspecified atom stereocenters. The van der Waals surface area contributed by atoms with Crippen molar-refractivity contribution in [2.45, 2.75) is 13.0 Å². The van der Waals surface area contributed by atoms with E-state index in [9.17, 15) is 9.59 Å². The monoisotopic (exact) mass is 344 g/mol. The molecule has 0 bridgehead atoms. The van der Waals surface area contributed by atoms with E-state index in [1.807, 2.05) is 25.1 Å². The van der Waals surface area contributed by atoms with Gasteiger partial charge in [-0.25, -0.2) is 4.79 Å². The van der Waals surface area contributed by atoms with Gasteiger partial charge >= 0.3 is 6.03 Å². The minimum Gasteiger partial charge on any atom is -0.344 e. The quantitative estimate of drug-likeness (QED) is 0.895. The number of rotatable bonds is 4. The van der Waals surface area contributed by atoms with Gasteiger partial charge in [-0.3, -0.25) is 14.7 Å². The summed E-state index contributed by atoms with van der Waals surface area (Å²) in [4.78, 5) is 30.1. The van der Waals surface area contributed by atoms with Gasteiger partial charge in [0, 0.05) is 24.8 Å². The smallest absolute Gasteiger partial charge is 0.322 e. The molecule has 1 aliphatic heterocycles.